The lowest BCUT2D eigenvalue weighted by molar-refractivity contribution is 0.469. The maximum absolute atomic E-state index is 12.2. The van der Waals surface area contributed by atoms with Gasteiger partial charge in [0.1, 0.15) is 0 Å². The fourth-order valence-corrected chi connectivity index (χ4v) is 4.05. The van der Waals surface area contributed by atoms with Gasteiger partial charge in [0.05, 0.1) is 0 Å². The molecule has 1 saturated heterocycles. The number of hydrogen-bond donors (Lipinski definition) is 3. The summed E-state index contributed by atoms with van der Waals surface area (Å²) in [4.78, 5) is 0. The summed E-state index contributed by atoms with van der Waals surface area (Å²) < 4.78 is 55.4. The highest BCUT2D eigenvalue weighted by atomic mass is 32.2. The molecule has 10 heteroatoms. The smallest absolute Gasteiger partial charge is 0.271 e. The van der Waals surface area contributed by atoms with Crippen LogP contribution >= 0.6 is 0 Å². The summed E-state index contributed by atoms with van der Waals surface area (Å²) in [5, 5.41) is 0. The van der Waals surface area contributed by atoms with Crippen molar-refractivity contribution < 1.29 is 16.8 Å². The molecule has 1 aliphatic heterocycles. The summed E-state index contributed by atoms with van der Waals surface area (Å²) in [5.74, 6) is 0.356. The number of benzene rings is 1. The molecular weight excluding hydrogens is 328 g/mol. The van der Waals surface area contributed by atoms with Gasteiger partial charge in [-0.1, -0.05) is 6.92 Å². The maximum atomic E-state index is 12.2. The molecule has 0 radical (unpaired) electrons. The molecule has 0 amide bonds. The predicted molar refractivity (Wildman–Crippen MR) is 85.9 cm³/mol. The Hall–Kier alpha value is -1.36. The van der Waals surface area contributed by atoms with Gasteiger partial charge >= 0.3 is 10.2 Å². The summed E-state index contributed by atoms with van der Waals surface area (Å²) in [5.41, 5.74) is 0.721. The first-order valence-corrected chi connectivity index (χ1v) is 9.73. The number of nitrogens with one attached hydrogen (secondary N) is 3. The average molecular weight is 348 g/mol. The van der Waals surface area contributed by atoms with Crippen molar-refractivity contribution in [2.24, 2.45) is 5.92 Å². The van der Waals surface area contributed by atoms with Gasteiger partial charge in [-0.15, -0.1) is 0 Å². The molecule has 0 spiro atoms. The zero-order valence-corrected chi connectivity index (χ0v) is 14.0. The van der Waals surface area contributed by atoms with Crippen LogP contribution in [-0.4, -0.2) is 41.3 Å². The Morgan fingerprint density at radius 3 is 2.05 bits per heavy atom. The Labute approximate surface area is 131 Å². The van der Waals surface area contributed by atoms with Gasteiger partial charge < -0.3 is 0 Å². The third-order valence-electron chi connectivity index (χ3n) is 3.38. The van der Waals surface area contributed by atoms with E-state index in [0.717, 1.165) is 6.42 Å². The zero-order chi connectivity index (χ0) is 16.4. The van der Waals surface area contributed by atoms with E-state index in [-0.39, 0.29) is 0 Å². The van der Waals surface area contributed by atoms with E-state index in [4.69, 9.17) is 0 Å². The van der Waals surface area contributed by atoms with E-state index in [9.17, 15) is 16.8 Å². The lowest BCUT2D eigenvalue weighted by atomic mass is 10.2. The Morgan fingerprint density at radius 1 is 1.05 bits per heavy atom. The van der Waals surface area contributed by atoms with Gasteiger partial charge in [-0.2, -0.15) is 21.1 Å². The fourth-order valence-electron chi connectivity index (χ4n) is 2.14. The van der Waals surface area contributed by atoms with Crippen LogP contribution in [0.5, 0.6) is 0 Å². The van der Waals surface area contributed by atoms with Gasteiger partial charge in [0.2, 0.25) is 0 Å². The van der Waals surface area contributed by atoms with Crippen LogP contribution in [0.4, 0.5) is 11.4 Å². The van der Waals surface area contributed by atoms with Crippen LogP contribution in [0.3, 0.4) is 0 Å². The van der Waals surface area contributed by atoms with Crippen LogP contribution in [-0.2, 0) is 20.4 Å². The van der Waals surface area contributed by atoms with E-state index in [1.165, 1.54) is 35.6 Å². The number of hydrogen-bond acceptors (Lipinski definition) is 4. The zero-order valence-electron chi connectivity index (χ0n) is 12.4. The lowest BCUT2D eigenvalue weighted by Crippen LogP contribution is -2.33. The normalized spacial score (nSPS) is 20.0. The minimum Gasteiger partial charge on any atom is -0.271 e. The molecule has 0 aliphatic carbocycles. The quantitative estimate of drug-likeness (QED) is 0.698. The van der Waals surface area contributed by atoms with Crippen LogP contribution < -0.4 is 14.2 Å². The van der Waals surface area contributed by atoms with Crippen LogP contribution in [0.25, 0.3) is 0 Å². The van der Waals surface area contributed by atoms with Crippen LogP contribution in [0.15, 0.2) is 24.3 Å². The third kappa shape index (κ3) is 4.32. The highest BCUT2D eigenvalue weighted by Crippen LogP contribution is 2.21. The monoisotopic (exact) mass is 348 g/mol. The predicted octanol–water partition coefficient (Wildman–Crippen LogP) is 0.561. The van der Waals surface area contributed by atoms with Gasteiger partial charge in [-0.25, -0.2) is 4.72 Å². The molecule has 0 aromatic heterocycles. The molecule has 124 valence electrons. The second kappa shape index (κ2) is 6.41. The minimum absolute atomic E-state index is 0.340. The number of anilines is 2. The summed E-state index contributed by atoms with van der Waals surface area (Å²) in [6.07, 6.45) is 0.853. The summed E-state index contributed by atoms with van der Waals surface area (Å²) in [7, 11) is -5.86. The molecule has 1 atom stereocenters. The van der Waals surface area contributed by atoms with Crippen molar-refractivity contribution in [3.05, 3.63) is 24.3 Å². The van der Waals surface area contributed by atoms with Crippen molar-refractivity contribution in [2.45, 2.75) is 13.3 Å². The molecule has 1 aromatic rings. The Kier molecular flexibility index (Phi) is 4.95. The molecule has 3 N–H and O–H groups in total. The Morgan fingerprint density at radius 2 is 1.59 bits per heavy atom. The standard InChI is InChI=1S/C12H20N4O4S2/c1-10-7-8-16(9-10)22(19,20)15-12-5-3-11(4-6-12)14-21(17,18)13-2/h3-6,10,13-15H,7-9H2,1-2H3. The van der Waals surface area contributed by atoms with Crippen molar-refractivity contribution >= 4 is 31.8 Å². The van der Waals surface area contributed by atoms with Gasteiger partial charge in [-0.05, 0) is 36.6 Å². The summed E-state index contributed by atoms with van der Waals surface area (Å²) >= 11 is 0. The van der Waals surface area contributed by atoms with Crippen molar-refractivity contribution in [3.8, 4) is 0 Å². The molecule has 2 rings (SSSR count). The van der Waals surface area contributed by atoms with E-state index in [1.807, 2.05) is 6.92 Å². The van der Waals surface area contributed by atoms with E-state index < -0.39 is 20.4 Å². The minimum atomic E-state index is -3.59. The molecule has 8 nitrogen and oxygen atoms in total. The second-order valence-electron chi connectivity index (χ2n) is 5.25. The van der Waals surface area contributed by atoms with Crippen LogP contribution in [0.1, 0.15) is 13.3 Å². The molecule has 1 fully saturated rings. The van der Waals surface area contributed by atoms with E-state index in [1.54, 1.807) is 0 Å². The maximum Gasteiger partial charge on any atom is 0.301 e. The molecule has 1 aromatic carbocycles. The van der Waals surface area contributed by atoms with E-state index >= 15 is 0 Å². The molecule has 0 saturated carbocycles. The van der Waals surface area contributed by atoms with Crippen molar-refractivity contribution in [1.82, 2.24) is 9.03 Å². The molecule has 22 heavy (non-hydrogen) atoms. The first-order chi connectivity index (χ1) is 10.2. The SMILES string of the molecule is CNS(=O)(=O)Nc1ccc(NS(=O)(=O)N2CCC(C)C2)cc1. The average Bonchev–Trinajstić information content (AvgIpc) is 2.88. The van der Waals surface area contributed by atoms with Crippen LogP contribution in [0, 0.1) is 5.92 Å². The second-order valence-corrected chi connectivity index (χ2v) is 8.54. The Balaban J connectivity index is 2.05. The summed E-state index contributed by atoms with van der Waals surface area (Å²) in [6, 6.07) is 5.98. The third-order valence-corrected chi connectivity index (χ3v) is 5.93. The molecule has 1 heterocycles. The summed E-state index contributed by atoms with van der Waals surface area (Å²) in [6.45, 7) is 3.03. The first kappa shape index (κ1) is 17.0. The highest BCUT2D eigenvalue weighted by molar-refractivity contribution is 7.90. The first-order valence-electron chi connectivity index (χ1n) is 6.81. The van der Waals surface area contributed by atoms with Gasteiger partial charge in [0, 0.05) is 31.5 Å². The molecule has 0 bridgehead atoms. The molecule has 1 aliphatic rings. The highest BCUT2D eigenvalue weighted by Gasteiger charge is 2.29. The Bertz CT molecular complexity index is 716. The van der Waals surface area contributed by atoms with Crippen molar-refractivity contribution in [1.29, 1.82) is 0 Å². The molecular formula is C12H20N4O4S2. The van der Waals surface area contributed by atoms with Gasteiger partial charge in [0.25, 0.3) is 10.2 Å². The molecule has 1 unspecified atom stereocenters. The van der Waals surface area contributed by atoms with Crippen molar-refractivity contribution in [2.75, 3.05) is 29.6 Å². The number of rotatable bonds is 6. The van der Waals surface area contributed by atoms with Gasteiger partial charge in [0.15, 0.2) is 0 Å². The van der Waals surface area contributed by atoms with Gasteiger partial charge in [-0.3, -0.25) is 9.44 Å². The van der Waals surface area contributed by atoms with E-state index in [0.29, 0.717) is 30.4 Å². The van der Waals surface area contributed by atoms with Crippen LogP contribution in [0.2, 0.25) is 0 Å². The largest absolute Gasteiger partial charge is 0.301 e. The van der Waals surface area contributed by atoms with E-state index in [2.05, 4.69) is 14.2 Å². The topological polar surface area (TPSA) is 108 Å². The lowest BCUT2D eigenvalue weighted by Gasteiger charge is -2.17. The fraction of sp³-hybridized carbons (Fsp3) is 0.500. The van der Waals surface area contributed by atoms with Crippen molar-refractivity contribution in [3.63, 3.8) is 0 Å². The number of nitrogens with zero attached hydrogens (tertiary/aromatic N) is 1.